The standard InChI is InChI=1S/C24H34N2O7/c1-6-16-7-8-17-18(19(16)14-32-15-31-12-11-30-5)13-26(23(17)29)20(22(25)28)9-10-21(27)33-24(2,3)4/h6-8,20H,1,9-15H2,2-5H3,(H2,25,28)/t20-/m0/s1. The molecule has 0 spiro atoms. The Balaban J connectivity index is 2.14. The number of carbonyl (C=O) groups is 3. The molecule has 0 fully saturated rings. The number of hydrogen-bond donors (Lipinski definition) is 1. The van der Waals surface area contributed by atoms with Gasteiger partial charge in [0.05, 0.1) is 19.8 Å². The van der Waals surface area contributed by atoms with Gasteiger partial charge in [0.15, 0.2) is 0 Å². The van der Waals surface area contributed by atoms with Gasteiger partial charge in [-0.2, -0.15) is 0 Å². The minimum atomic E-state index is -0.934. The first-order valence-corrected chi connectivity index (χ1v) is 10.8. The van der Waals surface area contributed by atoms with Gasteiger partial charge < -0.3 is 29.6 Å². The zero-order valence-electron chi connectivity index (χ0n) is 19.8. The highest BCUT2D eigenvalue weighted by molar-refractivity contribution is 6.01. The molecule has 0 bridgehead atoms. The number of esters is 1. The number of nitrogens with two attached hydrogens (primary N) is 1. The molecule has 0 radical (unpaired) electrons. The Morgan fingerprint density at radius 3 is 2.58 bits per heavy atom. The number of nitrogens with zero attached hydrogens (tertiary/aromatic N) is 1. The van der Waals surface area contributed by atoms with Gasteiger partial charge in [0, 0.05) is 25.6 Å². The second-order valence-corrected chi connectivity index (χ2v) is 8.71. The summed E-state index contributed by atoms with van der Waals surface area (Å²) in [6.07, 6.45) is 1.74. The van der Waals surface area contributed by atoms with Crippen LogP contribution in [0.2, 0.25) is 0 Å². The fraction of sp³-hybridized carbons (Fsp3) is 0.542. The molecule has 182 valence electrons. The van der Waals surface area contributed by atoms with Crippen molar-refractivity contribution in [2.24, 2.45) is 5.73 Å². The van der Waals surface area contributed by atoms with E-state index in [2.05, 4.69) is 6.58 Å². The normalized spacial score (nSPS) is 14.2. The Kier molecular flexibility index (Phi) is 9.57. The maximum absolute atomic E-state index is 13.1. The number of carbonyl (C=O) groups excluding carboxylic acids is 3. The molecule has 2 N–H and O–H groups in total. The Hall–Kier alpha value is -2.75. The maximum atomic E-state index is 13.1. The number of methoxy groups -OCH3 is 1. The SMILES string of the molecule is C=Cc1ccc2c(c1COCOCCOC)CN([C@@H](CCC(=O)OC(C)(C)C)C(N)=O)C2=O. The van der Waals surface area contributed by atoms with E-state index in [0.29, 0.717) is 18.8 Å². The first-order valence-electron chi connectivity index (χ1n) is 10.8. The molecule has 1 atom stereocenters. The summed E-state index contributed by atoms with van der Waals surface area (Å²) in [5, 5.41) is 0. The van der Waals surface area contributed by atoms with Crippen LogP contribution in [-0.2, 0) is 41.7 Å². The molecule has 0 aromatic heterocycles. The number of ether oxygens (including phenoxy) is 4. The van der Waals surface area contributed by atoms with Crippen molar-refractivity contribution in [2.45, 2.75) is 58.4 Å². The van der Waals surface area contributed by atoms with Crippen LogP contribution >= 0.6 is 0 Å². The van der Waals surface area contributed by atoms with Crippen molar-refractivity contribution in [3.05, 3.63) is 41.0 Å². The van der Waals surface area contributed by atoms with Crippen molar-refractivity contribution in [2.75, 3.05) is 27.1 Å². The predicted molar refractivity (Wildman–Crippen MR) is 122 cm³/mol. The number of primary amides is 1. The Bertz CT molecular complexity index is 876. The molecule has 1 heterocycles. The molecule has 9 nitrogen and oxygen atoms in total. The Labute approximate surface area is 194 Å². The van der Waals surface area contributed by atoms with Gasteiger partial charge in [-0.25, -0.2) is 0 Å². The lowest BCUT2D eigenvalue weighted by Crippen LogP contribution is -2.45. The van der Waals surface area contributed by atoms with Gasteiger partial charge >= 0.3 is 5.97 Å². The summed E-state index contributed by atoms with van der Waals surface area (Å²) in [5.41, 5.74) is 7.81. The fourth-order valence-electron chi connectivity index (χ4n) is 3.60. The summed E-state index contributed by atoms with van der Waals surface area (Å²) < 4.78 is 21.2. The molecular weight excluding hydrogens is 428 g/mol. The van der Waals surface area contributed by atoms with E-state index in [1.807, 2.05) is 0 Å². The van der Waals surface area contributed by atoms with E-state index in [4.69, 9.17) is 24.7 Å². The summed E-state index contributed by atoms with van der Waals surface area (Å²) in [6, 6.07) is 2.56. The molecule has 0 saturated heterocycles. The Morgan fingerprint density at radius 2 is 1.97 bits per heavy atom. The zero-order chi connectivity index (χ0) is 24.6. The molecular formula is C24H34N2O7. The summed E-state index contributed by atoms with van der Waals surface area (Å²) in [4.78, 5) is 38.8. The van der Waals surface area contributed by atoms with Crippen LogP contribution in [0.4, 0.5) is 0 Å². The number of rotatable bonds is 13. The monoisotopic (exact) mass is 462 g/mol. The van der Waals surface area contributed by atoms with Crippen LogP contribution in [0.1, 0.15) is 60.7 Å². The van der Waals surface area contributed by atoms with Crippen molar-refractivity contribution >= 4 is 23.9 Å². The van der Waals surface area contributed by atoms with Crippen LogP contribution < -0.4 is 5.73 Å². The molecule has 1 aliphatic heterocycles. The van der Waals surface area contributed by atoms with Gasteiger partial charge in [-0.3, -0.25) is 14.4 Å². The highest BCUT2D eigenvalue weighted by atomic mass is 16.7. The fourth-order valence-corrected chi connectivity index (χ4v) is 3.60. The smallest absolute Gasteiger partial charge is 0.306 e. The average molecular weight is 463 g/mol. The van der Waals surface area contributed by atoms with Crippen LogP contribution in [0, 0.1) is 0 Å². The zero-order valence-corrected chi connectivity index (χ0v) is 19.8. The van der Waals surface area contributed by atoms with Crippen molar-refractivity contribution in [3.8, 4) is 0 Å². The first kappa shape index (κ1) is 26.5. The maximum Gasteiger partial charge on any atom is 0.306 e. The quantitative estimate of drug-likeness (QED) is 0.272. The largest absolute Gasteiger partial charge is 0.460 e. The third-order valence-corrected chi connectivity index (χ3v) is 5.10. The van der Waals surface area contributed by atoms with Gasteiger partial charge in [-0.1, -0.05) is 18.7 Å². The van der Waals surface area contributed by atoms with E-state index in [-0.39, 0.29) is 38.7 Å². The minimum Gasteiger partial charge on any atom is -0.460 e. The van der Waals surface area contributed by atoms with Gasteiger partial charge in [-0.05, 0) is 49.9 Å². The Morgan fingerprint density at radius 1 is 1.24 bits per heavy atom. The lowest BCUT2D eigenvalue weighted by atomic mass is 9.98. The molecule has 1 aliphatic rings. The van der Waals surface area contributed by atoms with E-state index in [1.165, 1.54) is 4.90 Å². The van der Waals surface area contributed by atoms with Gasteiger partial charge in [0.1, 0.15) is 18.4 Å². The minimum absolute atomic E-state index is 0.0301. The summed E-state index contributed by atoms with van der Waals surface area (Å²) in [6.45, 7) is 10.5. The van der Waals surface area contributed by atoms with Crippen molar-refractivity contribution < 1.29 is 33.3 Å². The van der Waals surface area contributed by atoms with Gasteiger partial charge in [-0.15, -0.1) is 0 Å². The lowest BCUT2D eigenvalue weighted by Gasteiger charge is -2.26. The second-order valence-electron chi connectivity index (χ2n) is 8.71. The summed E-state index contributed by atoms with van der Waals surface area (Å²) >= 11 is 0. The molecule has 33 heavy (non-hydrogen) atoms. The molecule has 0 unspecified atom stereocenters. The number of benzene rings is 1. The average Bonchev–Trinajstić information content (AvgIpc) is 3.05. The van der Waals surface area contributed by atoms with Crippen LogP contribution in [-0.4, -0.2) is 61.4 Å². The third kappa shape index (κ3) is 7.38. The number of amides is 2. The van der Waals surface area contributed by atoms with Crippen LogP contribution in [0.25, 0.3) is 6.08 Å². The predicted octanol–water partition coefficient (Wildman–Crippen LogP) is 2.40. The lowest BCUT2D eigenvalue weighted by molar-refractivity contribution is -0.155. The van der Waals surface area contributed by atoms with Crippen LogP contribution in [0.15, 0.2) is 18.7 Å². The number of fused-ring (bicyclic) bond motifs is 1. The molecule has 0 saturated carbocycles. The first-order chi connectivity index (χ1) is 15.6. The molecule has 2 amide bonds. The van der Waals surface area contributed by atoms with Gasteiger partial charge in [0.25, 0.3) is 5.91 Å². The van der Waals surface area contributed by atoms with E-state index in [0.717, 1.165) is 16.7 Å². The van der Waals surface area contributed by atoms with Crippen molar-refractivity contribution in [1.29, 1.82) is 0 Å². The van der Waals surface area contributed by atoms with E-state index in [9.17, 15) is 14.4 Å². The van der Waals surface area contributed by atoms with Gasteiger partial charge in [0.2, 0.25) is 5.91 Å². The van der Waals surface area contributed by atoms with E-state index in [1.54, 1.807) is 46.1 Å². The molecule has 1 aromatic rings. The number of hydrogen-bond acceptors (Lipinski definition) is 7. The third-order valence-electron chi connectivity index (χ3n) is 5.10. The van der Waals surface area contributed by atoms with Crippen molar-refractivity contribution in [3.63, 3.8) is 0 Å². The topological polar surface area (TPSA) is 117 Å². The molecule has 0 aliphatic carbocycles. The van der Waals surface area contributed by atoms with Crippen LogP contribution in [0.3, 0.4) is 0 Å². The molecule has 2 rings (SSSR count). The van der Waals surface area contributed by atoms with Crippen molar-refractivity contribution in [1.82, 2.24) is 4.90 Å². The van der Waals surface area contributed by atoms with E-state index < -0.39 is 23.5 Å². The molecule has 1 aromatic carbocycles. The van der Waals surface area contributed by atoms with Crippen LogP contribution in [0.5, 0.6) is 0 Å². The highest BCUT2D eigenvalue weighted by Gasteiger charge is 2.37. The highest BCUT2D eigenvalue weighted by Crippen LogP contribution is 2.32. The second kappa shape index (κ2) is 11.9. The van der Waals surface area contributed by atoms with E-state index >= 15 is 0 Å². The molecule has 9 heteroatoms. The summed E-state index contributed by atoms with van der Waals surface area (Å²) in [5.74, 6) is -1.44. The summed E-state index contributed by atoms with van der Waals surface area (Å²) in [7, 11) is 1.59.